The van der Waals surface area contributed by atoms with E-state index in [4.69, 9.17) is 16.3 Å². The second-order valence-electron chi connectivity index (χ2n) is 11.4. The molecule has 0 unspecified atom stereocenters. The number of methoxy groups -OCH3 is 1. The third-order valence-corrected chi connectivity index (χ3v) is 9.54. The fourth-order valence-corrected chi connectivity index (χ4v) is 6.76. The van der Waals surface area contributed by atoms with Crippen molar-refractivity contribution < 1.29 is 27.7 Å². The number of ether oxygens (including phenoxy) is 1. The largest absolute Gasteiger partial charge is 0.495 e. The summed E-state index contributed by atoms with van der Waals surface area (Å²) in [6, 6.07) is 24.8. The average Bonchev–Trinajstić information content (AvgIpc) is 3.05. The van der Waals surface area contributed by atoms with E-state index >= 15 is 0 Å². The van der Waals surface area contributed by atoms with Gasteiger partial charge in [-0.1, -0.05) is 78.3 Å². The molecule has 4 aromatic carbocycles. The van der Waals surface area contributed by atoms with Gasteiger partial charge in [-0.3, -0.25) is 24.0 Å². The summed E-state index contributed by atoms with van der Waals surface area (Å²) >= 11 is 6.32. The van der Waals surface area contributed by atoms with Crippen molar-refractivity contribution in [2.75, 3.05) is 18.0 Å². The fraction of sp³-hybridized carbons (Fsp3) is 0.257. The minimum absolute atomic E-state index is 0.0146. The van der Waals surface area contributed by atoms with Gasteiger partial charge in [0.2, 0.25) is 11.8 Å². The van der Waals surface area contributed by atoms with Gasteiger partial charge >= 0.3 is 0 Å². The second kappa shape index (κ2) is 15.8. The maximum atomic E-state index is 14.6. The van der Waals surface area contributed by atoms with Gasteiger partial charge in [0.1, 0.15) is 18.3 Å². The Bertz CT molecular complexity index is 1870. The highest BCUT2D eigenvalue weighted by Gasteiger charge is 2.36. The van der Waals surface area contributed by atoms with Crippen molar-refractivity contribution >= 4 is 44.8 Å². The van der Waals surface area contributed by atoms with Crippen LogP contribution in [0.5, 0.6) is 5.75 Å². The smallest absolute Gasteiger partial charge is 0.273 e. The molecule has 1 atom stereocenters. The van der Waals surface area contributed by atoms with Crippen LogP contribution in [0.1, 0.15) is 30.5 Å². The van der Waals surface area contributed by atoms with E-state index in [-0.39, 0.29) is 41.0 Å². The number of halogens is 1. The maximum Gasteiger partial charge on any atom is 0.273 e. The summed E-state index contributed by atoms with van der Waals surface area (Å²) in [6.45, 7) is 4.31. The van der Waals surface area contributed by atoms with Crippen molar-refractivity contribution in [1.82, 2.24) is 10.2 Å². The Morgan fingerprint density at radius 2 is 1.56 bits per heavy atom. The number of aryl methyl sites for hydroxylation is 1. The highest BCUT2D eigenvalue weighted by atomic mass is 35.5. The van der Waals surface area contributed by atoms with E-state index < -0.39 is 49.9 Å². The molecule has 0 saturated carbocycles. The Kier molecular flexibility index (Phi) is 11.8. The number of sulfonamides is 1. The minimum atomic E-state index is -4.66. The number of rotatable bonds is 14. The van der Waals surface area contributed by atoms with E-state index in [0.29, 0.717) is 5.56 Å². The molecule has 0 fully saturated rings. The lowest BCUT2D eigenvalue weighted by atomic mass is 10.0. The molecule has 11 nitrogen and oxygen atoms in total. The van der Waals surface area contributed by atoms with Crippen molar-refractivity contribution in [3.8, 4) is 5.75 Å². The third kappa shape index (κ3) is 8.69. The van der Waals surface area contributed by atoms with Gasteiger partial charge in [-0.2, -0.15) is 0 Å². The number of hydrogen-bond donors (Lipinski definition) is 1. The van der Waals surface area contributed by atoms with Crippen LogP contribution in [0.3, 0.4) is 0 Å². The normalized spacial score (nSPS) is 11.9. The Balaban J connectivity index is 1.88. The summed E-state index contributed by atoms with van der Waals surface area (Å²) in [5.41, 5.74) is 1.30. The van der Waals surface area contributed by atoms with Crippen LogP contribution in [-0.4, -0.2) is 55.8 Å². The molecule has 2 amide bonds. The molecular weight excluding hydrogens is 656 g/mol. The monoisotopic (exact) mass is 692 g/mol. The number of nitro groups is 1. The number of nitrogens with one attached hydrogen (secondary N) is 1. The van der Waals surface area contributed by atoms with Gasteiger partial charge < -0.3 is 15.0 Å². The Hall–Kier alpha value is -4.94. The molecule has 0 aliphatic rings. The van der Waals surface area contributed by atoms with Crippen molar-refractivity contribution in [3.63, 3.8) is 0 Å². The number of carbonyl (C=O) groups is 2. The summed E-state index contributed by atoms with van der Waals surface area (Å²) in [4.78, 5) is 40.4. The highest BCUT2D eigenvalue weighted by Crippen LogP contribution is 2.36. The van der Waals surface area contributed by atoms with Crippen LogP contribution in [-0.2, 0) is 32.6 Å². The lowest BCUT2D eigenvalue weighted by Gasteiger charge is -2.34. The number of amides is 2. The SMILES string of the molecule is COc1ccc(Cl)cc1N(CC(=O)N(Cc1ccccc1)[C@H](Cc1ccccc1)C(=O)NC(C)C)S(=O)(=O)c1ccc(C)c([N+](=O)[O-])c1. The summed E-state index contributed by atoms with van der Waals surface area (Å²) in [5.74, 6) is -1.03. The van der Waals surface area contributed by atoms with Gasteiger partial charge in [-0.15, -0.1) is 0 Å². The van der Waals surface area contributed by atoms with Gasteiger partial charge in [0.05, 0.1) is 22.6 Å². The fourth-order valence-electron chi connectivity index (χ4n) is 5.16. The molecule has 0 aliphatic carbocycles. The summed E-state index contributed by atoms with van der Waals surface area (Å²) in [7, 11) is -3.32. The van der Waals surface area contributed by atoms with Gasteiger partial charge in [0.15, 0.2) is 0 Å². The third-order valence-electron chi connectivity index (χ3n) is 7.55. The zero-order chi connectivity index (χ0) is 35.0. The number of carbonyl (C=O) groups excluding carboxylic acids is 2. The molecule has 4 aromatic rings. The Morgan fingerprint density at radius 3 is 2.15 bits per heavy atom. The zero-order valence-electron chi connectivity index (χ0n) is 27.0. The zero-order valence-corrected chi connectivity index (χ0v) is 28.6. The first kappa shape index (κ1) is 35.9. The van der Waals surface area contributed by atoms with Crippen LogP contribution in [0.2, 0.25) is 5.02 Å². The van der Waals surface area contributed by atoms with Crippen LogP contribution >= 0.6 is 11.6 Å². The first-order valence-corrected chi connectivity index (χ1v) is 16.9. The van der Waals surface area contributed by atoms with Crippen molar-refractivity contribution in [2.24, 2.45) is 0 Å². The van der Waals surface area contributed by atoms with Crippen molar-refractivity contribution in [1.29, 1.82) is 0 Å². The molecule has 0 aromatic heterocycles. The van der Waals surface area contributed by atoms with E-state index in [2.05, 4.69) is 5.32 Å². The predicted octanol–water partition coefficient (Wildman–Crippen LogP) is 5.93. The number of anilines is 1. The standard InChI is InChI=1S/C35H37ClN4O7S/c1-24(2)37-35(42)32(19-26-11-7-5-8-12-26)38(22-27-13-9-6-10-14-27)34(41)23-39(31-20-28(36)16-18-33(31)47-4)48(45,46)29-17-15-25(3)30(21-29)40(43)44/h5-18,20-21,24,32H,19,22-23H2,1-4H3,(H,37,42)/t32-/m1/s1. The van der Waals surface area contributed by atoms with E-state index in [9.17, 15) is 28.1 Å². The first-order chi connectivity index (χ1) is 22.8. The quantitative estimate of drug-likeness (QED) is 0.128. The molecule has 252 valence electrons. The van der Waals surface area contributed by atoms with E-state index in [1.807, 2.05) is 36.4 Å². The lowest BCUT2D eigenvalue weighted by Crippen LogP contribution is -2.54. The van der Waals surface area contributed by atoms with Gasteiger partial charge in [0, 0.05) is 35.7 Å². The second-order valence-corrected chi connectivity index (χ2v) is 13.7. The molecule has 13 heteroatoms. The van der Waals surface area contributed by atoms with Crippen molar-refractivity contribution in [2.45, 2.75) is 50.7 Å². The molecule has 0 spiro atoms. The molecule has 0 radical (unpaired) electrons. The van der Waals surface area contributed by atoms with Crippen LogP contribution in [0.4, 0.5) is 11.4 Å². The topological polar surface area (TPSA) is 139 Å². The molecule has 4 rings (SSSR count). The van der Waals surface area contributed by atoms with Crippen molar-refractivity contribution in [3.05, 3.63) is 129 Å². The van der Waals surface area contributed by atoms with Crippen LogP contribution in [0.25, 0.3) is 0 Å². The van der Waals surface area contributed by atoms with Gasteiger partial charge in [-0.25, -0.2) is 8.42 Å². The first-order valence-electron chi connectivity index (χ1n) is 15.1. The lowest BCUT2D eigenvalue weighted by molar-refractivity contribution is -0.385. The van der Waals surface area contributed by atoms with E-state index in [1.54, 1.807) is 38.1 Å². The van der Waals surface area contributed by atoms with Gasteiger partial charge in [0.25, 0.3) is 15.7 Å². The average molecular weight is 693 g/mol. The summed E-state index contributed by atoms with van der Waals surface area (Å²) in [5, 5.41) is 14.8. The molecule has 0 heterocycles. The Labute approximate surface area is 285 Å². The summed E-state index contributed by atoms with van der Waals surface area (Å²) in [6.07, 6.45) is 0.148. The molecule has 0 bridgehead atoms. The number of hydrogen-bond acceptors (Lipinski definition) is 7. The molecule has 0 saturated heterocycles. The highest BCUT2D eigenvalue weighted by molar-refractivity contribution is 7.92. The van der Waals surface area contributed by atoms with Crippen LogP contribution < -0.4 is 14.4 Å². The molecule has 48 heavy (non-hydrogen) atoms. The van der Waals surface area contributed by atoms with E-state index in [0.717, 1.165) is 15.9 Å². The number of nitrogens with zero attached hydrogens (tertiary/aromatic N) is 3. The maximum absolute atomic E-state index is 14.6. The molecule has 1 N–H and O–H groups in total. The predicted molar refractivity (Wildman–Crippen MR) is 185 cm³/mol. The molecule has 0 aliphatic heterocycles. The van der Waals surface area contributed by atoms with E-state index in [1.165, 1.54) is 49.3 Å². The molecular formula is C35H37ClN4O7S. The summed E-state index contributed by atoms with van der Waals surface area (Å²) < 4.78 is 35.1. The number of nitro benzene ring substituents is 1. The Morgan fingerprint density at radius 1 is 0.938 bits per heavy atom. The van der Waals surface area contributed by atoms with Crippen LogP contribution in [0.15, 0.2) is 102 Å². The number of benzene rings is 4. The van der Waals surface area contributed by atoms with Gasteiger partial charge in [-0.05, 0) is 56.2 Å². The minimum Gasteiger partial charge on any atom is -0.495 e. The van der Waals surface area contributed by atoms with Crippen LogP contribution in [0, 0.1) is 17.0 Å².